The van der Waals surface area contributed by atoms with Crippen molar-refractivity contribution in [3.63, 3.8) is 0 Å². The van der Waals surface area contributed by atoms with Gasteiger partial charge in [-0.2, -0.15) is 5.10 Å². The third-order valence-corrected chi connectivity index (χ3v) is 4.71. The summed E-state index contributed by atoms with van der Waals surface area (Å²) in [4.78, 5) is 1.86. The SMILES string of the molecule is Cc1sc(C)c(S(N)(=O)=O)c1-c1cnn(C)c1. The number of primary sulfonamides is 1. The van der Waals surface area contributed by atoms with Gasteiger partial charge in [0.25, 0.3) is 0 Å². The predicted octanol–water partition coefficient (Wildman–Crippen LogP) is 1.41. The molecule has 0 aromatic carbocycles. The summed E-state index contributed by atoms with van der Waals surface area (Å²) in [5, 5.41) is 9.32. The first-order valence-corrected chi connectivity index (χ1v) is 7.29. The van der Waals surface area contributed by atoms with Crippen LogP contribution in [-0.2, 0) is 17.1 Å². The van der Waals surface area contributed by atoms with Gasteiger partial charge in [-0.25, -0.2) is 13.6 Å². The van der Waals surface area contributed by atoms with E-state index in [2.05, 4.69) is 5.10 Å². The fourth-order valence-electron chi connectivity index (χ4n) is 1.89. The topological polar surface area (TPSA) is 78.0 Å². The van der Waals surface area contributed by atoms with Crippen molar-refractivity contribution in [2.45, 2.75) is 18.7 Å². The molecular weight excluding hydrogens is 258 g/mol. The van der Waals surface area contributed by atoms with Crippen molar-refractivity contribution in [1.82, 2.24) is 9.78 Å². The van der Waals surface area contributed by atoms with Gasteiger partial charge in [-0.1, -0.05) is 0 Å². The largest absolute Gasteiger partial charge is 0.275 e. The van der Waals surface area contributed by atoms with Gasteiger partial charge in [0.2, 0.25) is 10.0 Å². The molecule has 2 aromatic heterocycles. The first-order chi connectivity index (χ1) is 7.80. The second-order valence-corrected chi connectivity index (χ2v) is 6.79. The molecule has 5 nitrogen and oxygen atoms in total. The number of aryl methyl sites for hydroxylation is 3. The molecule has 0 saturated carbocycles. The van der Waals surface area contributed by atoms with Gasteiger partial charge in [0, 0.05) is 34.1 Å². The molecule has 0 aliphatic rings. The molecule has 2 N–H and O–H groups in total. The van der Waals surface area contributed by atoms with Gasteiger partial charge in [-0.3, -0.25) is 4.68 Å². The van der Waals surface area contributed by atoms with Gasteiger partial charge in [0.15, 0.2) is 0 Å². The quantitative estimate of drug-likeness (QED) is 0.897. The molecule has 0 amide bonds. The van der Waals surface area contributed by atoms with Crippen LogP contribution in [0.1, 0.15) is 9.75 Å². The van der Waals surface area contributed by atoms with Crippen LogP contribution in [0.4, 0.5) is 0 Å². The summed E-state index contributed by atoms with van der Waals surface area (Å²) in [5.74, 6) is 0. The van der Waals surface area contributed by atoms with E-state index in [1.807, 2.05) is 6.92 Å². The highest BCUT2D eigenvalue weighted by atomic mass is 32.2. The highest BCUT2D eigenvalue weighted by Gasteiger charge is 2.23. The molecule has 2 heterocycles. The molecule has 0 aliphatic carbocycles. The van der Waals surface area contributed by atoms with Crippen molar-refractivity contribution in [1.29, 1.82) is 0 Å². The van der Waals surface area contributed by atoms with Crippen LogP contribution in [0.3, 0.4) is 0 Å². The normalized spacial score (nSPS) is 12.0. The Morgan fingerprint density at radius 3 is 2.47 bits per heavy atom. The number of nitrogens with two attached hydrogens (primary N) is 1. The molecular formula is C10H13N3O2S2. The van der Waals surface area contributed by atoms with Gasteiger partial charge >= 0.3 is 0 Å². The minimum Gasteiger partial charge on any atom is -0.275 e. The molecule has 92 valence electrons. The van der Waals surface area contributed by atoms with Crippen LogP contribution in [0, 0.1) is 13.8 Å². The molecule has 0 radical (unpaired) electrons. The second-order valence-electron chi connectivity index (χ2n) is 3.87. The van der Waals surface area contributed by atoms with Crippen LogP contribution >= 0.6 is 11.3 Å². The lowest BCUT2D eigenvalue weighted by atomic mass is 10.1. The highest BCUT2D eigenvalue weighted by molar-refractivity contribution is 7.89. The molecule has 2 aromatic rings. The number of hydrogen-bond acceptors (Lipinski definition) is 4. The van der Waals surface area contributed by atoms with Crippen LogP contribution in [-0.4, -0.2) is 18.2 Å². The fraction of sp³-hybridized carbons (Fsp3) is 0.300. The van der Waals surface area contributed by atoms with Gasteiger partial charge < -0.3 is 0 Å². The monoisotopic (exact) mass is 271 g/mol. The zero-order valence-corrected chi connectivity index (χ0v) is 11.4. The minimum atomic E-state index is -3.71. The Labute approximate surface area is 104 Å². The summed E-state index contributed by atoms with van der Waals surface area (Å²) in [6, 6.07) is 0. The van der Waals surface area contributed by atoms with E-state index < -0.39 is 10.0 Å². The number of aromatic nitrogens is 2. The summed E-state index contributed by atoms with van der Waals surface area (Å²) in [5.41, 5.74) is 1.45. The maximum atomic E-state index is 11.6. The lowest BCUT2D eigenvalue weighted by Gasteiger charge is -2.02. The van der Waals surface area contributed by atoms with Crippen molar-refractivity contribution in [2.75, 3.05) is 0 Å². The Balaban J connectivity index is 2.78. The summed E-state index contributed by atoms with van der Waals surface area (Å²) in [6.45, 7) is 3.64. The van der Waals surface area contributed by atoms with E-state index in [0.29, 0.717) is 10.4 Å². The maximum absolute atomic E-state index is 11.6. The van der Waals surface area contributed by atoms with Gasteiger partial charge in [0.05, 0.1) is 6.20 Å². The summed E-state index contributed by atoms with van der Waals surface area (Å²) < 4.78 is 24.9. The average molecular weight is 271 g/mol. The van der Waals surface area contributed by atoms with Crippen molar-refractivity contribution < 1.29 is 8.42 Å². The van der Waals surface area contributed by atoms with Crippen LogP contribution in [0.2, 0.25) is 0 Å². The average Bonchev–Trinajstić information content (AvgIpc) is 2.68. The molecule has 0 fully saturated rings. The van der Waals surface area contributed by atoms with Gasteiger partial charge in [-0.15, -0.1) is 11.3 Å². The third kappa shape index (κ3) is 2.13. The van der Waals surface area contributed by atoms with E-state index in [4.69, 9.17) is 5.14 Å². The van der Waals surface area contributed by atoms with Gasteiger partial charge in [0.1, 0.15) is 4.90 Å². The minimum absolute atomic E-state index is 0.216. The van der Waals surface area contributed by atoms with E-state index in [0.717, 1.165) is 10.4 Å². The van der Waals surface area contributed by atoms with E-state index >= 15 is 0 Å². The number of nitrogens with zero attached hydrogens (tertiary/aromatic N) is 2. The summed E-state index contributed by atoms with van der Waals surface area (Å²) in [6.07, 6.45) is 3.42. The van der Waals surface area contributed by atoms with E-state index in [1.54, 1.807) is 31.0 Å². The molecule has 17 heavy (non-hydrogen) atoms. The van der Waals surface area contributed by atoms with E-state index in [1.165, 1.54) is 11.3 Å². The molecule has 0 aliphatic heterocycles. The first-order valence-electron chi connectivity index (χ1n) is 4.92. The van der Waals surface area contributed by atoms with Gasteiger partial charge in [-0.05, 0) is 13.8 Å². The van der Waals surface area contributed by atoms with Crippen LogP contribution in [0.25, 0.3) is 11.1 Å². The fourth-order valence-corrected chi connectivity index (χ4v) is 4.36. The molecule has 0 atom stereocenters. The Bertz CT molecular complexity index is 668. The van der Waals surface area contributed by atoms with E-state index in [-0.39, 0.29) is 4.90 Å². The van der Waals surface area contributed by atoms with Crippen molar-refractivity contribution in [2.24, 2.45) is 12.2 Å². The molecule has 7 heteroatoms. The van der Waals surface area contributed by atoms with Crippen LogP contribution < -0.4 is 5.14 Å². The number of sulfonamides is 1. The standard InChI is InChI=1S/C10H13N3O2S2/c1-6-9(8-4-12-13(3)5-8)10(7(2)16-6)17(11,14)15/h4-5H,1-3H3,(H2,11,14,15). The Kier molecular flexibility index (Phi) is 2.84. The molecule has 2 rings (SSSR count). The van der Waals surface area contributed by atoms with Crippen LogP contribution in [0.5, 0.6) is 0 Å². The molecule has 0 spiro atoms. The Morgan fingerprint density at radius 1 is 1.35 bits per heavy atom. The van der Waals surface area contributed by atoms with Crippen LogP contribution in [0.15, 0.2) is 17.3 Å². The third-order valence-electron chi connectivity index (χ3n) is 2.48. The molecule has 0 saturated heterocycles. The second kappa shape index (κ2) is 3.94. The predicted molar refractivity (Wildman–Crippen MR) is 67.4 cm³/mol. The Hall–Kier alpha value is -1.18. The Morgan fingerprint density at radius 2 is 2.00 bits per heavy atom. The molecule has 0 bridgehead atoms. The van der Waals surface area contributed by atoms with Crippen molar-refractivity contribution in [3.8, 4) is 11.1 Å². The smallest absolute Gasteiger partial charge is 0.239 e. The number of hydrogen-bond donors (Lipinski definition) is 1. The lowest BCUT2D eigenvalue weighted by Crippen LogP contribution is -2.13. The highest BCUT2D eigenvalue weighted by Crippen LogP contribution is 2.37. The van der Waals surface area contributed by atoms with Crippen molar-refractivity contribution >= 4 is 21.4 Å². The summed E-state index contributed by atoms with van der Waals surface area (Å²) >= 11 is 1.43. The maximum Gasteiger partial charge on any atom is 0.239 e. The summed E-state index contributed by atoms with van der Waals surface area (Å²) in [7, 11) is -1.92. The molecule has 0 unspecified atom stereocenters. The zero-order valence-electron chi connectivity index (χ0n) is 9.76. The number of thiophene rings is 1. The first kappa shape index (κ1) is 12.3. The number of rotatable bonds is 2. The lowest BCUT2D eigenvalue weighted by molar-refractivity contribution is 0.598. The van der Waals surface area contributed by atoms with E-state index in [9.17, 15) is 8.42 Å². The van der Waals surface area contributed by atoms with Crippen molar-refractivity contribution in [3.05, 3.63) is 22.1 Å². The zero-order chi connectivity index (χ0) is 12.8.